The molecule has 0 bridgehead atoms. The third-order valence-electron chi connectivity index (χ3n) is 5.38. The molecule has 0 unspecified atom stereocenters. The lowest BCUT2D eigenvalue weighted by Gasteiger charge is -2.18. The minimum atomic E-state index is -0.323. The molecule has 1 aliphatic rings. The van der Waals surface area contributed by atoms with Crippen LogP contribution in [0.5, 0.6) is 0 Å². The van der Waals surface area contributed by atoms with Crippen molar-refractivity contribution in [3.8, 4) is 0 Å². The van der Waals surface area contributed by atoms with E-state index in [4.69, 9.17) is 9.57 Å². The molecular weight excluding hydrogens is 404 g/mol. The van der Waals surface area contributed by atoms with Gasteiger partial charge in [-0.05, 0) is 64.7 Å². The highest BCUT2D eigenvalue weighted by Gasteiger charge is 2.20. The minimum absolute atomic E-state index is 0.0981. The molecule has 1 amide bonds. The van der Waals surface area contributed by atoms with Crippen molar-refractivity contribution in [2.24, 2.45) is 5.16 Å². The zero-order valence-electron chi connectivity index (χ0n) is 20.0. The molecule has 32 heavy (non-hydrogen) atoms. The molecule has 1 atom stereocenters. The summed E-state index contributed by atoms with van der Waals surface area (Å²) in [7, 11) is 0. The first-order valence-electron chi connectivity index (χ1n) is 11.4. The van der Waals surface area contributed by atoms with Crippen molar-refractivity contribution in [3.05, 3.63) is 58.7 Å². The van der Waals surface area contributed by atoms with Crippen molar-refractivity contribution in [3.63, 3.8) is 0 Å². The van der Waals surface area contributed by atoms with Gasteiger partial charge in [-0.15, -0.1) is 0 Å². The molecule has 0 aromatic heterocycles. The average Bonchev–Trinajstić information content (AvgIpc) is 2.72. The topological polar surface area (TPSA) is 68.2 Å². The van der Waals surface area contributed by atoms with E-state index in [0.717, 1.165) is 29.5 Å². The van der Waals surface area contributed by atoms with E-state index >= 15 is 0 Å². The maximum atomic E-state index is 13.0. The number of oxime groups is 1. The highest BCUT2D eigenvalue weighted by molar-refractivity contribution is 6.00. The minimum Gasteiger partial charge on any atom is -0.459 e. The summed E-state index contributed by atoms with van der Waals surface area (Å²) in [5.74, 6) is -0.421. The fraction of sp³-hybridized carbons (Fsp3) is 0.500. The van der Waals surface area contributed by atoms with Gasteiger partial charge in [0.05, 0.1) is 11.3 Å². The predicted octanol–water partition coefficient (Wildman–Crippen LogP) is 4.93. The number of rotatable bonds is 5. The van der Waals surface area contributed by atoms with Gasteiger partial charge in [-0.1, -0.05) is 41.1 Å². The highest BCUT2D eigenvalue weighted by Crippen LogP contribution is 2.21. The summed E-state index contributed by atoms with van der Waals surface area (Å²) in [6.45, 7) is 10.9. The number of benzene rings is 1. The van der Waals surface area contributed by atoms with E-state index in [1.807, 2.05) is 52.8 Å². The van der Waals surface area contributed by atoms with Gasteiger partial charge in [-0.3, -0.25) is 4.79 Å². The molecule has 174 valence electrons. The SMILES string of the molecule is CCN(CC)C(=O)CO/N=C1\C=C\CC/C=C/C[C@@H](C)OC(=O)c2c(C)cc(C)cc2C1. The van der Waals surface area contributed by atoms with Crippen LogP contribution in [0.15, 0.2) is 41.6 Å². The third-order valence-corrected chi connectivity index (χ3v) is 5.38. The number of cyclic esters (lactones) is 1. The third kappa shape index (κ3) is 7.66. The second-order valence-electron chi connectivity index (χ2n) is 8.12. The number of esters is 1. The average molecular weight is 441 g/mol. The Balaban J connectivity index is 2.34. The molecule has 0 spiro atoms. The second kappa shape index (κ2) is 12.8. The molecule has 2 rings (SSSR count). The molecule has 6 heteroatoms. The fourth-order valence-corrected chi connectivity index (χ4v) is 3.75. The number of likely N-dealkylation sites (N-methyl/N-ethyl adjacent to an activating group) is 1. The van der Waals surface area contributed by atoms with Crippen molar-refractivity contribution >= 4 is 17.6 Å². The van der Waals surface area contributed by atoms with Crippen molar-refractivity contribution in [2.75, 3.05) is 19.7 Å². The van der Waals surface area contributed by atoms with E-state index in [9.17, 15) is 9.59 Å². The second-order valence-corrected chi connectivity index (χ2v) is 8.12. The van der Waals surface area contributed by atoms with Gasteiger partial charge < -0.3 is 14.5 Å². The van der Waals surface area contributed by atoms with Crippen LogP contribution in [-0.4, -0.2) is 48.3 Å². The number of amides is 1. The zero-order chi connectivity index (χ0) is 23.5. The van der Waals surface area contributed by atoms with Crippen LogP contribution in [0.2, 0.25) is 0 Å². The van der Waals surface area contributed by atoms with E-state index in [2.05, 4.69) is 23.4 Å². The summed E-state index contributed by atoms with van der Waals surface area (Å²) < 4.78 is 5.71. The molecule has 0 radical (unpaired) electrons. The molecule has 1 heterocycles. The lowest BCUT2D eigenvalue weighted by Crippen LogP contribution is -2.33. The molecular formula is C26H36N2O4. The Hall–Kier alpha value is -2.89. The largest absolute Gasteiger partial charge is 0.459 e. The van der Waals surface area contributed by atoms with Gasteiger partial charge in [0, 0.05) is 25.9 Å². The summed E-state index contributed by atoms with van der Waals surface area (Å²) >= 11 is 0. The molecule has 1 aromatic carbocycles. The summed E-state index contributed by atoms with van der Waals surface area (Å²) in [6.07, 6.45) is 10.8. The normalized spacial score (nSPS) is 20.6. The van der Waals surface area contributed by atoms with Crippen LogP contribution in [0.1, 0.15) is 67.1 Å². The fourth-order valence-electron chi connectivity index (χ4n) is 3.75. The number of nitrogens with zero attached hydrogens (tertiary/aromatic N) is 2. The Labute approximate surface area is 192 Å². The molecule has 1 aliphatic heterocycles. The maximum Gasteiger partial charge on any atom is 0.338 e. The molecule has 0 fully saturated rings. The van der Waals surface area contributed by atoms with Crippen LogP contribution >= 0.6 is 0 Å². The first-order chi connectivity index (χ1) is 15.3. The smallest absolute Gasteiger partial charge is 0.338 e. The quantitative estimate of drug-likeness (QED) is 0.370. The Kier molecular flexibility index (Phi) is 10.2. The first kappa shape index (κ1) is 25.4. The standard InChI is InChI=1S/C26H36N2O4/c1-6-28(7-2)24(29)18-31-27-23-14-12-10-8-9-11-13-21(5)32-26(30)25-20(4)15-19(3)16-22(25)17-23/h9,11-12,14-16,21H,6-8,10,13,17-18H2,1-5H3/b11-9+,14-12+,27-23+/t21-/m1/s1. The van der Waals surface area contributed by atoms with Crippen LogP contribution in [0, 0.1) is 13.8 Å². The molecule has 0 N–H and O–H groups in total. The number of hydrogen-bond acceptors (Lipinski definition) is 5. The number of carbonyl (C=O) groups excluding carboxylic acids is 2. The molecule has 1 aromatic rings. The van der Waals surface area contributed by atoms with E-state index in [1.54, 1.807) is 4.90 Å². The van der Waals surface area contributed by atoms with Crippen LogP contribution in [0.4, 0.5) is 0 Å². The van der Waals surface area contributed by atoms with Crippen molar-refractivity contribution < 1.29 is 19.2 Å². The van der Waals surface area contributed by atoms with E-state index in [-0.39, 0.29) is 24.6 Å². The molecule has 0 saturated heterocycles. The summed E-state index contributed by atoms with van der Waals surface area (Å²) in [4.78, 5) is 32.3. The van der Waals surface area contributed by atoms with E-state index in [0.29, 0.717) is 37.2 Å². The molecule has 0 saturated carbocycles. The van der Waals surface area contributed by atoms with Gasteiger partial charge in [-0.2, -0.15) is 0 Å². The van der Waals surface area contributed by atoms with Crippen LogP contribution < -0.4 is 0 Å². The van der Waals surface area contributed by atoms with E-state index in [1.165, 1.54) is 0 Å². The van der Waals surface area contributed by atoms with Crippen molar-refractivity contribution in [2.45, 2.75) is 66.4 Å². The summed E-state index contributed by atoms with van der Waals surface area (Å²) in [5.41, 5.74) is 4.01. The number of fused-ring (bicyclic) bond motifs is 1. The lowest BCUT2D eigenvalue weighted by atomic mass is 9.95. The molecule has 6 nitrogen and oxygen atoms in total. The lowest BCUT2D eigenvalue weighted by molar-refractivity contribution is -0.135. The number of allylic oxidation sites excluding steroid dienone is 3. The van der Waals surface area contributed by atoms with E-state index < -0.39 is 0 Å². The summed E-state index contributed by atoms with van der Waals surface area (Å²) in [6, 6.07) is 3.98. The number of ether oxygens (including phenoxy) is 1. The Bertz CT molecular complexity index is 882. The Morgan fingerprint density at radius 1 is 1.16 bits per heavy atom. The van der Waals surface area contributed by atoms with Gasteiger partial charge in [0.25, 0.3) is 5.91 Å². The van der Waals surface area contributed by atoms with Gasteiger partial charge in [0.1, 0.15) is 6.10 Å². The number of hydrogen-bond donors (Lipinski definition) is 0. The predicted molar refractivity (Wildman–Crippen MR) is 128 cm³/mol. The van der Waals surface area contributed by atoms with Crippen molar-refractivity contribution in [1.29, 1.82) is 0 Å². The number of carbonyl (C=O) groups is 2. The van der Waals surface area contributed by atoms with Gasteiger partial charge in [0.2, 0.25) is 0 Å². The van der Waals surface area contributed by atoms with Crippen LogP contribution in [0.25, 0.3) is 0 Å². The molecule has 0 aliphatic carbocycles. The number of aryl methyl sites for hydroxylation is 2. The van der Waals surface area contributed by atoms with Crippen molar-refractivity contribution in [1.82, 2.24) is 4.90 Å². The van der Waals surface area contributed by atoms with Crippen LogP contribution in [0.3, 0.4) is 0 Å². The Morgan fingerprint density at radius 3 is 2.59 bits per heavy atom. The van der Waals surface area contributed by atoms with Gasteiger partial charge >= 0.3 is 5.97 Å². The van der Waals surface area contributed by atoms with Gasteiger partial charge in [0.15, 0.2) is 6.61 Å². The van der Waals surface area contributed by atoms with Gasteiger partial charge in [-0.25, -0.2) is 4.79 Å². The highest BCUT2D eigenvalue weighted by atomic mass is 16.6. The zero-order valence-corrected chi connectivity index (χ0v) is 20.0. The summed E-state index contributed by atoms with van der Waals surface area (Å²) in [5, 5.41) is 4.25. The Morgan fingerprint density at radius 2 is 1.88 bits per heavy atom. The maximum absolute atomic E-state index is 13.0. The monoisotopic (exact) mass is 440 g/mol. The van der Waals surface area contributed by atoms with Crippen LogP contribution in [-0.2, 0) is 20.8 Å². The first-order valence-corrected chi connectivity index (χ1v) is 11.4.